The van der Waals surface area contributed by atoms with Crippen LogP contribution >= 0.6 is 15.9 Å². The van der Waals surface area contributed by atoms with Gasteiger partial charge in [0.15, 0.2) is 0 Å². The first-order chi connectivity index (χ1) is 13.9. The van der Waals surface area contributed by atoms with Gasteiger partial charge < -0.3 is 4.90 Å². The summed E-state index contributed by atoms with van der Waals surface area (Å²) in [6, 6.07) is 13.4. The van der Waals surface area contributed by atoms with Crippen LogP contribution in [-0.4, -0.2) is 29.8 Å². The summed E-state index contributed by atoms with van der Waals surface area (Å²) >= 11 is 3.42. The number of carbonyl (C=O) groups excluding carboxylic acids is 2. The third-order valence-electron chi connectivity index (χ3n) is 5.90. The van der Waals surface area contributed by atoms with E-state index >= 15 is 0 Å². The highest BCUT2D eigenvalue weighted by Gasteiger charge is 2.43. The molecule has 2 heterocycles. The van der Waals surface area contributed by atoms with Gasteiger partial charge in [-0.3, -0.25) is 9.59 Å². The van der Waals surface area contributed by atoms with E-state index < -0.39 is 0 Å². The van der Waals surface area contributed by atoms with Crippen molar-refractivity contribution in [3.05, 3.63) is 69.3 Å². The quantitative estimate of drug-likeness (QED) is 0.609. The lowest BCUT2D eigenvalue weighted by Gasteiger charge is -2.32. The second-order valence-electron chi connectivity index (χ2n) is 8.13. The van der Waals surface area contributed by atoms with Crippen LogP contribution in [0.5, 0.6) is 0 Å². The van der Waals surface area contributed by atoms with Crippen molar-refractivity contribution in [2.75, 3.05) is 18.0 Å². The number of carbonyl (C=O) groups is 2. The van der Waals surface area contributed by atoms with Gasteiger partial charge in [0, 0.05) is 17.6 Å². The number of hydrogen-bond acceptors (Lipinski definition) is 3. The molecule has 2 aliphatic heterocycles. The molecule has 4 rings (SSSR count). The van der Waals surface area contributed by atoms with E-state index in [0.29, 0.717) is 22.9 Å². The lowest BCUT2D eigenvalue weighted by Crippen LogP contribution is -2.38. The third-order valence-corrected chi connectivity index (χ3v) is 6.42. The van der Waals surface area contributed by atoms with Crippen molar-refractivity contribution in [3.63, 3.8) is 0 Å². The van der Waals surface area contributed by atoms with Gasteiger partial charge >= 0.3 is 0 Å². The molecule has 0 radical (unpaired) electrons. The van der Waals surface area contributed by atoms with Crippen LogP contribution in [0.15, 0.2) is 52.6 Å². The number of aryl methyl sites for hydroxylation is 2. The van der Waals surface area contributed by atoms with Crippen molar-refractivity contribution in [3.8, 4) is 0 Å². The average molecular weight is 453 g/mol. The number of halogens is 1. The number of piperidine rings is 1. The molecule has 0 spiro atoms. The highest BCUT2D eigenvalue weighted by atomic mass is 79.9. The molecule has 0 aromatic heterocycles. The average Bonchev–Trinajstić information content (AvgIpc) is 2.94. The Morgan fingerprint density at radius 2 is 1.59 bits per heavy atom. The Morgan fingerprint density at radius 1 is 0.931 bits per heavy atom. The van der Waals surface area contributed by atoms with Gasteiger partial charge in [-0.05, 0) is 68.0 Å². The molecule has 2 aliphatic rings. The molecule has 1 fully saturated rings. The van der Waals surface area contributed by atoms with Crippen LogP contribution in [0.2, 0.25) is 0 Å². The number of amides is 2. The van der Waals surface area contributed by atoms with Crippen molar-refractivity contribution in [2.45, 2.75) is 33.6 Å². The number of benzene rings is 2. The smallest absolute Gasteiger partial charge is 0.282 e. The van der Waals surface area contributed by atoms with E-state index in [1.807, 2.05) is 38.1 Å². The zero-order valence-electron chi connectivity index (χ0n) is 17.0. The number of hydrogen-bond donors (Lipinski definition) is 0. The molecule has 29 heavy (non-hydrogen) atoms. The largest absolute Gasteiger partial charge is 0.366 e. The SMILES string of the molecule is Cc1ccc(C2=C(N3CCC(C)CC3)C(=O)N(c3ccc(Br)cc3)C2=O)c(C)c1. The summed E-state index contributed by atoms with van der Waals surface area (Å²) in [7, 11) is 0. The molecule has 5 heteroatoms. The van der Waals surface area contributed by atoms with Crippen molar-refractivity contribution in [1.29, 1.82) is 0 Å². The van der Waals surface area contributed by atoms with Crippen LogP contribution in [0.25, 0.3) is 5.57 Å². The van der Waals surface area contributed by atoms with Crippen LogP contribution in [0.1, 0.15) is 36.5 Å². The summed E-state index contributed by atoms with van der Waals surface area (Å²) in [4.78, 5) is 30.5. The lowest BCUT2D eigenvalue weighted by atomic mass is 9.95. The minimum atomic E-state index is -0.238. The molecule has 150 valence electrons. The van der Waals surface area contributed by atoms with Crippen LogP contribution in [0.4, 0.5) is 5.69 Å². The fraction of sp³-hybridized carbons (Fsp3) is 0.333. The summed E-state index contributed by atoms with van der Waals surface area (Å²) in [5, 5.41) is 0. The van der Waals surface area contributed by atoms with Gasteiger partial charge in [-0.1, -0.05) is 46.6 Å². The molecule has 0 saturated carbocycles. The van der Waals surface area contributed by atoms with E-state index in [4.69, 9.17) is 0 Å². The topological polar surface area (TPSA) is 40.6 Å². The first-order valence-corrected chi connectivity index (χ1v) is 10.9. The van der Waals surface area contributed by atoms with Gasteiger partial charge in [0.05, 0.1) is 11.3 Å². The molecule has 0 unspecified atom stereocenters. The van der Waals surface area contributed by atoms with Gasteiger partial charge in [0.25, 0.3) is 11.8 Å². The lowest BCUT2D eigenvalue weighted by molar-refractivity contribution is -0.120. The fourth-order valence-electron chi connectivity index (χ4n) is 4.21. The van der Waals surface area contributed by atoms with E-state index in [9.17, 15) is 9.59 Å². The summed E-state index contributed by atoms with van der Waals surface area (Å²) in [6.45, 7) is 7.89. The van der Waals surface area contributed by atoms with Crippen molar-refractivity contribution < 1.29 is 9.59 Å². The molecule has 2 aromatic carbocycles. The standard InChI is InChI=1S/C24H25BrN2O2/c1-15-10-12-26(13-11-15)22-21(20-9-4-16(2)14-17(20)3)23(28)27(24(22)29)19-7-5-18(25)6-8-19/h4-9,14-15H,10-13H2,1-3H3. The summed E-state index contributed by atoms with van der Waals surface area (Å²) in [5.41, 5.74) is 4.69. The molecule has 4 nitrogen and oxygen atoms in total. The molecular weight excluding hydrogens is 428 g/mol. The fourth-order valence-corrected chi connectivity index (χ4v) is 4.47. The number of likely N-dealkylation sites (tertiary alicyclic amines) is 1. The molecule has 0 atom stereocenters. The Hall–Kier alpha value is -2.40. The normalized spacial score (nSPS) is 18.2. The summed E-state index contributed by atoms with van der Waals surface area (Å²) < 4.78 is 0.910. The predicted octanol–water partition coefficient (Wildman–Crippen LogP) is 5.08. The monoisotopic (exact) mass is 452 g/mol. The minimum absolute atomic E-state index is 0.221. The summed E-state index contributed by atoms with van der Waals surface area (Å²) in [6.07, 6.45) is 2.06. The number of anilines is 1. The Kier molecular flexibility index (Phi) is 5.34. The molecular formula is C24H25BrN2O2. The maximum Gasteiger partial charge on any atom is 0.282 e. The van der Waals surface area contributed by atoms with Gasteiger partial charge in [-0.2, -0.15) is 0 Å². The zero-order chi connectivity index (χ0) is 20.7. The van der Waals surface area contributed by atoms with Crippen LogP contribution in [-0.2, 0) is 9.59 Å². The molecule has 0 aliphatic carbocycles. The second kappa shape index (κ2) is 7.79. The van der Waals surface area contributed by atoms with Crippen LogP contribution in [0.3, 0.4) is 0 Å². The highest BCUT2D eigenvalue weighted by Crippen LogP contribution is 2.37. The van der Waals surface area contributed by atoms with Gasteiger partial charge in [0.2, 0.25) is 0 Å². The minimum Gasteiger partial charge on any atom is -0.366 e. The van der Waals surface area contributed by atoms with Crippen molar-refractivity contribution >= 4 is 39.0 Å². The molecule has 2 amide bonds. The van der Waals surface area contributed by atoms with E-state index in [0.717, 1.165) is 47.1 Å². The number of imide groups is 1. The second-order valence-corrected chi connectivity index (χ2v) is 9.05. The zero-order valence-corrected chi connectivity index (χ0v) is 18.6. The van der Waals surface area contributed by atoms with Crippen LogP contribution < -0.4 is 4.90 Å². The highest BCUT2D eigenvalue weighted by molar-refractivity contribution is 9.10. The van der Waals surface area contributed by atoms with E-state index in [-0.39, 0.29) is 11.8 Å². The number of nitrogens with zero attached hydrogens (tertiary/aromatic N) is 2. The van der Waals surface area contributed by atoms with E-state index in [2.05, 4.69) is 33.8 Å². The molecule has 1 saturated heterocycles. The van der Waals surface area contributed by atoms with Crippen LogP contribution in [0, 0.1) is 19.8 Å². The van der Waals surface area contributed by atoms with Gasteiger partial charge in [-0.15, -0.1) is 0 Å². The maximum atomic E-state index is 13.6. The van der Waals surface area contributed by atoms with Gasteiger partial charge in [-0.25, -0.2) is 4.90 Å². The molecule has 0 bridgehead atoms. The van der Waals surface area contributed by atoms with E-state index in [1.54, 1.807) is 12.1 Å². The Bertz CT molecular complexity index is 1000. The molecule has 0 N–H and O–H groups in total. The molecule has 2 aromatic rings. The third kappa shape index (κ3) is 3.64. The first-order valence-electron chi connectivity index (χ1n) is 10.1. The number of rotatable bonds is 3. The Balaban J connectivity index is 1.83. The first kappa shape index (κ1) is 19.9. The Morgan fingerprint density at radius 3 is 2.21 bits per heavy atom. The summed E-state index contributed by atoms with van der Waals surface area (Å²) in [5.74, 6) is 0.186. The van der Waals surface area contributed by atoms with Crippen molar-refractivity contribution in [1.82, 2.24) is 4.90 Å². The van der Waals surface area contributed by atoms with Gasteiger partial charge in [0.1, 0.15) is 5.70 Å². The van der Waals surface area contributed by atoms with Crippen molar-refractivity contribution in [2.24, 2.45) is 5.92 Å². The maximum absolute atomic E-state index is 13.6. The predicted molar refractivity (Wildman–Crippen MR) is 119 cm³/mol. The Labute approximate surface area is 180 Å². The van der Waals surface area contributed by atoms with E-state index in [1.165, 1.54) is 4.90 Å².